The Kier molecular flexibility index (Phi) is 4.67. The number of thiocarbonyl (C=S) groups is 1. The molecule has 104 valence electrons. The summed E-state index contributed by atoms with van der Waals surface area (Å²) in [5.74, 6) is -0.975. The van der Waals surface area contributed by atoms with Gasteiger partial charge in [-0.3, -0.25) is 0 Å². The first kappa shape index (κ1) is 14.0. The molecular weight excluding hydrogens is 276 g/mol. The second-order valence-corrected chi connectivity index (χ2v) is 4.54. The van der Waals surface area contributed by atoms with Crippen LogP contribution in [0.1, 0.15) is 5.69 Å². The van der Waals surface area contributed by atoms with E-state index >= 15 is 0 Å². The summed E-state index contributed by atoms with van der Waals surface area (Å²) < 4.78 is 0. The molecule has 0 bridgehead atoms. The number of carbonyl (C=O) groups is 1. The van der Waals surface area contributed by atoms with Crippen molar-refractivity contribution in [3.05, 3.63) is 48.5 Å². The molecule has 0 amide bonds. The van der Waals surface area contributed by atoms with Crippen LogP contribution in [0.3, 0.4) is 0 Å². The molecule has 0 radical (unpaired) electrons. The molecular formula is C13H14N4O2S. The Morgan fingerprint density at radius 1 is 1.40 bits per heavy atom. The smallest absolute Gasteiger partial charge is 0.326 e. The number of benzene rings is 1. The molecule has 1 heterocycles. The Morgan fingerprint density at radius 2 is 2.15 bits per heavy atom. The molecule has 0 aliphatic heterocycles. The van der Waals surface area contributed by atoms with Gasteiger partial charge in [0.2, 0.25) is 0 Å². The lowest BCUT2D eigenvalue weighted by Crippen LogP contribution is -2.44. The number of rotatable bonds is 5. The lowest BCUT2D eigenvalue weighted by Gasteiger charge is -2.16. The van der Waals surface area contributed by atoms with Gasteiger partial charge in [0.05, 0.1) is 6.33 Å². The molecule has 7 heteroatoms. The van der Waals surface area contributed by atoms with E-state index in [1.165, 1.54) is 6.33 Å². The molecule has 0 unspecified atom stereocenters. The Balaban J connectivity index is 1.94. The van der Waals surface area contributed by atoms with Crippen LogP contribution in [0.4, 0.5) is 5.69 Å². The topological polar surface area (TPSA) is 90.0 Å². The van der Waals surface area contributed by atoms with E-state index in [4.69, 9.17) is 12.2 Å². The van der Waals surface area contributed by atoms with Crippen molar-refractivity contribution < 1.29 is 9.90 Å². The highest BCUT2D eigenvalue weighted by Gasteiger charge is 2.19. The zero-order valence-corrected chi connectivity index (χ0v) is 11.4. The molecule has 6 nitrogen and oxygen atoms in total. The molecule has 0 fully saturated rings. The zero-order valence-electron chi connectivity index (χ0n) is 10.5. The third kappa shape index (κ3) is 4.06. The second kappa shape index (κ2) is 6.67. The number of para-hydroxylation sites is 1. The Morgan fingerprint density at radius 3 is 2.75 bits per heavy atom. The van der Waals surface area contributed by atoms with E-state index in [-0.39, 0.29) is 11.5 Å². The van der Waals surface area contributed by atoms with E-state index in [1.807, 2.05) is 30.3 Å². The highest BCUT2D eigenvalue weighted by molar-refractivity contribution is 7.80. The van der Waals surface area contributed by atoms with Crippen molar-refractivity contribution in [2.75, 3.05) is 5.32 Å². The standard InChI is InChI=1S/C13H14N4O2S/c18-12(19)11(6-10-7-14-8-15-10)17-13(20)16-9-4-2-1-3-5-9/h1-5,7-8,11H,6H2,(H,14,15)(H,18,19)(H2,16,17,20)/t11-/m0/s1. The number of hydrogen-bond donors (Lipinski definition) is 4. The maximum Gasteiger partial charge on any atom is 0.326 e. The van der Waals surface area contributed by atoms with Crippen molar-refractivity contribution >= 4 is 29.0 Å². The first-order valence-electron chi connectivity index (χ1n) is 5.98. The van der Waals surface area contributed by atoms with Gasteiger partial charge in [0.25, 0.3) is 0 Å². The minimum Gasteiger partial charge on any atom is -0.480 e. The van der Waals surface area contributed by atoms with Gasteiger partial charge in [0, 0.05) is 24.0 Å². The quantitative estimate of drug-likeness (QED) is 0.622. The van der Waals surface area contributed by atoms with E-state index in [2.05, 4.69) is 20.6 Å². The maximum absolute atomic E-state index is 11.2. The molecule has 2 aromatic rings. The molecule has 0 aliphatic carbocycles. The molecule has 0 aliphatic rings. The Labute approximate surface area is 121 Å². The van der Waals surface area contributed by atoms with Gasteiger partial charge in [0.1, 0.15) is 6.04 Å². The predicted octanol–water partition coefficient (Wildman–Crippen LogP) is 1.39. The summed E-state index contributed by atoms with van der Waals surface area (Å²) >= 11 is 5.12. The van der Waals surface area contributed by atoms with Crippen molar-refractivity contribution in [3.63, 3.8) is 0 Å². The molecule has 0 saturated heterocycles. The van der Waals surface area contributed by atoms with Crippen LogP contribution in [0.5, 0.6) is 0 Å². The number of nitrogens with one attached hydrogen (secondary N) is 3. The van der Waals surface area contributed by atoms with Crippen molar-refractivity contribution in [3.8, 4) is 0 Å². The second-order valence-electron chi connectivity index (χ2n) is 4.14. The van der Waals surface area contributed by atoms with Crippen LogP contribution < -0.4 is 10.6 Å². The number of nitrogens with zero attached hydrogens (tertiary/aromatic N) is 1. The van der Waals surface area contributed by atoms with Crippen LogP contribution >= 0.6 is 12.2 Å². The summed E-state index contributed by atoms with van der Waals surface area (Å²) in [5, 5.41) is 15.2. The van der Waals surface area contributed by atoms with Gasteiger partial charge >= 0.3 is 5.97 Å². The third-order valence-electron chi connectivity index (χ3n) is 2.61. The minimum absolute atomic E-state index is 0.267. The van der Waals surface area contributed by atoms with Crippen LogP contribution in [-0.2, 0) is 11.2 Å². The number of H-pyrrole nitrogens is 1. The average Bonchev–Trinajstić information content (AvgIpc) is 2.92. The maximum atomic E-state index is 11.2. The summed E-state index contributed by atoms with van der Waals surface area (Å²) in [7, 11) is 0. The first-order valence-corrected chi connectivity index (χ1v) is 6.38. The zero-order chi connectivity index (χ0) is 14.4. The van der Waals surface area contributed by atoms with Gasteiger partial charge < -0.3 is 20.7 Å². The molecule has 0 spiro atoms. The predicted molar refractivity (Wildman–Crippen MR) is 79.5 cm³/mol. The van der Waals surface area contributed by atoms with Crippen LogP contribution in [0.2, 0.25) is 0 Å². The highest BCUT2D eigenvalue weighted by Crippen LogP contribution is 2.05. The third-order valence-corrected chi connectivity index (χ3v) is 2.83. The van der Waals surface area contributed by atoms with Gasteiger partial charge in [-0.15, -0.1) is 0 Å². The average molecular weight is 290 g/mol. The van der Waals surface area contributed by atoms with Crippen LogP contribution in [0.15, 0.2) is 42.9 Å². The SMILES string of the molecule is O=C(O)[C@H](Cc1cnc[nH]1)NC(=S)Nc1ccccc1. The number of carboxylic acid groups (broad SMARTS) is 1. The molecule has 2 rings (SSSR count). The van der Waals surface area contributed by atoms with E-state index in [0.717, 1.165) is 11.4 Å². The summed E-state index contributed by atoms with van der Waals surface area (Å²) in [4.78, 5) is 18.0. The van der Waals surface area contributed by atoms with Crippen LogP contribution in [0, 0.1) is 0 Å². The fourth-order valence-electron chi connectivity index (χ4n) is 1.66. The number of aromatic nitrogens is 2. The fraction of sp³-hybridized carbons (Fsp3) is 0.154. The number of anilines is 1. The lowest BCUT2D eigenvalue weighted by atomic mass is 10.2. The largest absolute Gasteiger partial charge is 0.480 e. The van der Waals surface area contributed by atoms with Gasteiger partial charge in [-0.2, -0.15) is 0 Å². The summed E-state index contributed by atoms with van der Waals surface area (Å²) in [6, 6.07) is 8.49. The van der Waals surface area contributed by atoms with Gasteiger partial charge in [0.15, 0.2) is 5.11 Å². The molecule has 0 saturated carbocycles. The number of carboxylic acids is 1. The lowest BCUT2D eigenvalue weighted by molar-refractivity contribution is -0.139. The van der Waals surface area contributed by atoms with Crippen LogP contribution in [-0.4, -0.2) is 32.2 Å². The summed E-state index contributed by atoms with van der Waals surface area (Å²) in [5.41, 5.74) is 1.53. The molecule has 1 aromatic carbocycles. The highest BCUT2D eigenvalue weighted by atomic mass is 32.1. The number of hydrogen-bond acceptors (Lipinski definition) is 3. The van der Waals surface area contributed by atoms with Gasteiger partial charge in [-0.05, 0) is 24.4 Å². The Bertz CT molecular complexity index is 571. The number of aromatic amines is 1. The number of imidazole rings is 1. The van der Waals surface area contributed by atoms with E-state index in [0.29, 0.717) is 0 Å². The van der Waals surface area contributed by atoms with Crippen molar-refractivity contribution in [2.24, 2.45) is 0 Å². The normalized spacial score (nSPS) is 11.6. The molecule has 4 N–H and O–H groups in total. The van der Waals surface area contributed by atoms with E-state index in [1.54, 1.807) is 6.20 Å². The molecule has 20 heavy (non-hydrogen) atoms. The summed E-state index contributed by atoms with van der Waals surface area (Å²) in [6.07, 6.45) is 3.37. The van der Waals surface area contributed by atoms with Gasteiger partial charge in [-0.1, -0.05) is 18.2 Å². The number of aliphatic carboxylic acids is 1. The van der Waals surface area contributed by atoms with Crippen molar-refractivity contribution in [1.29, 1.82) is 0 Å². The van der Waals surface area contributed by atoms with Gasteiger partial charge in [-0.25, -0.2) is 9.78 Å². The van der Waals surface area contributed by atoms with Crippen LogP contribution in [0.25, 0.3) is 0 Å². The monoisotopic (exact) mass is 290 g/mol. The van der Waals surface area contributed by atoms with Crippen molar-refractivity contribution in [1.82, 2.24) is 15.3 Å². The first-order chi connectivity index (χ1) is 9.65. The van der Waals surface area contributed by atoms with E-state index in [9.17, 15) is 9.90 Å². The van der Waals surface area contributed by atoms with Crippen molar-refractivity contribution in [2.45, 2.75) is 12.5 Å². The molecule has 1 aromatic heterocycles. The Hall–Kier alpha value is -2.41. The van der Waals surface area contributed by atoms with E-state index < -0.39 is 12.0 Å². The fourth-order valence-corrected chi connectivity index (χ4v) is 1.92. The summed E-state index contributed by atoms with van der Waals surface area (Å²) in [6.45, 7) is 0. The minimum atomic E-state index is -0.975. The molecule has 1 atom stereocenters.